The van der Waals surface area contributed by atoms with Gasteiger partial charge < -0.3 is 20.6 Å². The molecule has 1 aromatic carbocycles. The van der Waals surface area contributed by atoms with Gasteiger partial charge in [-0.1, -0.05) is 24.8 Å². The molecule has 0 spiro atoms. The Morgan fingerprint density at radius 3 is 2.93 bits per heavy atom. The molecule has 0 saturated carbocycles. The number of likely N-dealkylation sites (tertiary alicyclic amines) is 1. The van der Waals surface area contributed by atoms with Gasteiger partial charge in [0.25, 0.3) is 0 Å². The Kier molecular flexibility index (Phi) is 6.56. The van der Waals surface area contributed by atoms with Crippen LogP contribution in [0.15, 0.2) is 43.1 Å². The quantitative estimate of drug-likeness (QED) is 0.585. The molecule has 1 saturated heterocycles. The molecule has 1 aromatic heterocycles. The third kappa shape index (κ3) is 5.17. The van der Waals surface area contributed by atoms with E-state index in [1.165, 1.54) is 6.08 Å². The van der Waals surface area contributed by atoms with Crippen LogP contribution in [-0.4, -0.2) is 57.4 Å². The van der Waals surface area contributed by atoms with Crippen molar-refractivity contribution in [3.8, 4) is 0 Å². The summed E-state index contributed by atoms with van der Waals surface area (Å²) in [7, 11) is 0. The molecule has 152 valence electrons. The summed E-state index contributed by atoms with van der Waals surface area (Å²) in [5.41, 5.74) is 2.53. The number of ketones is 1. The van der Waals surface area contributed by atoms with Gasteiger partial charge in [-0.05, 0) is 31.1 Å². The minimum atomic E-state index is -0.477. The summed E-state index contributed by atoms with van der Waals surface area (Å²) < 4.78 is 0. The zero-order valence-corrected chi connectivity index (χ0v) is 16.4. The highest BCUT2D eigenvalue weighted by Gasteiger charge is 2.26. The van der Waals surface area contributed by atoms with Crippen molar-refractivity contribution in [1.29, 1.82) is 0 Å². The molecular formula is C21H25N5O3. The van der Waals surface area contributed by atoms with Crippen molar-refractivity contribution in [2.24, 2.45) is 0 Å². The third-order valence-electron chi connectivity index (χ3n) is 4.84. The monoisotopic (exact) mass is 395 g/mol. The zero-order chi connectivity index (χ0) is 20.8. The Labute approximate surface area is 169 Å². The first-order valence-corrected chi connectivity index (χ1v) is 9.49. The SMILES string of the molecule is C=CC(=O)Cc1ccccc1Nc1nc(N[C@@H]2CCN(C(=O)CO)C2)ncc1C. The van der Waals surface area contributed by atoms with Crippen LogP contribution in [0.5, 0.6) is 0 Å². The predicted octanol–water partition coefficient (Wildman–Crippen LogP) is 1.83. The molecule has 1 aliphatic heterocycles. The van der Waals surface area contributed by atoms with Crippen molar-refractivity contribution in [3.63, 3.8) is 0 Å². The summed E-state index contributed by atoms with van der Waals surface area (Å²) in [6.07, 6.45) is 4.07. The Morgan fingerprint density at radius 2 is 2.17 bits per heavy atom. The lowest BCUT2D eigenvalue weighted by molar-refractivity contribution is -0.133. The first kappa shape index (κ1) is 20.5. The topological polar surface area (TPSA) is 107 Å². The Hall–Kier alpha value is -3.26. The van der Waals surface area contributed by atoms with E-state index in [2.05, 4.69) is 27.2 Å². The van der Waals surface area contributed by atoms with Crippen LogP contribution in [0.1, 0.15) is 17.5 Å². The highest BCUT2D eigenvalue weighted by Crippen LogP contribution is 2.24. The van der Waals surface area contributed by atoms with E-state index in [1.54, 1.807) is 11.1 Å². The number of hydrogen-bond donors (Lipinski definition) is 3. The van der Waals surface area contributed by atoms with E-state index in [9.17, 15) is 9.59 Å². The first-order valence-electron chi connectivity index (χ1n) is 9.49. The van der Waals surface area contributed by atoms with Crippen LogP contribution >= 0.6 is 0 Å². The van der Waals surface area contributed by atoms with E-state index >= 15 is 0 Å². The van der Waals surface area contributed by atoms with Gasteiger partial charge in [-0.25, -0.2) is 4.98 Å². The second-order valence-electron chi connectivity index (χ2n) is 6.98. The highest BCUT2D eigenvalue weighted by atomic mass is 16.3. The van der Waals surface area contributed by atoms with E-state index in [4.69, 9.17) is 5.11 Å². The summed E-state index contributed by atoms with van der Waals surface area (Å²) in [5.74, 6) is 0.778. The molecular weight excluding hydrogens is 370 g/mol. The number of aliphatic hydroxyl groups is 1. The molecule has 0 aliphatic carbocycles. The number of allylic oxidation sites excluding steroid dienone is 1. The fourth-order valence-corrected chi connectivity index (χ4v) is 3.21. The van der Waals surface area contributed by atoms with Gasteiger partial charge in [-0.15, -0.1) is 0 Å². The van der Waals surface area contributed by atoms with E-state index < -0.39 is 6.61 Å². The molecule has 29 heavy (non-hydrogen) atoms. The summed E-state index contributed by atoms with van der Waals surface area (Å²) >= 11 is 0. The van der Waals surface area contributed by atoms with Crippen LogP contribution in [0.25, 0.3) is 0 Å². The van der Waals surface area contributed by atoms with Gasteiger partial charge in [0.05, 0.1) is 0 Å². The number of amides is 1. The number of nitrogens with zero attached hydrogens (tertiary/aromatic N) is 3. The Bertz CT molecular complexity index is 915. The van der Waals surface area contributed by atoms with Crippen LogP contribution in [-0.2, 0) is 16.0 Å². The average Bonchev–Trinajstić information content (AvgIpc) is 3.19. The third-order valence-corrected chi connectivity index (χ3v) is 4.84. The van der Waals surface area contributed by atoms with Crippen molar-refractivity contribution in [2.45, 2.75) is 25.8 Å². The summed E-state index contributed by atoms with van der Waals surface area (Å²) in [5, 5.41) is 15.6. The number of carbonyl (C=O) groups is 2. The van der Waals surface area contributed by atoms with Gasteiger partial charge in [-0.2, -0.15) is 4.98 Å². The molecule has 2 aromatic rings. The molecule has 1 amide bonds. The van der Waals surface area contributed by atoms with Crippen LogP contribution < -0.4 is 10.6 Å². The predicted molar refractivity (Wildman–Crippen MR) is 111 cm³/mol. The number of hydrogen-bond acceptors (Lipinski definition) is 7. The van der Waals surface area contributed by atoms with Crippen LogP contribution in [0.2, 0.25) is 0 Å². The van der Waals surface area contributed by atoms with Gasteiger partial charge in [-0.3, -0.25) is 9.59 Å². The zero-order valence-electron chi connectivity index (χ0n) is 16.4. The maximum absolute atomic E-state index is 11.8. The molecule has 8 nitrogen and oxygen atoms in total. The van der Waals surface area contributed by atoms with Gasteiger partial charge >= 0.3 is 0 Å². The highest BCUT2D eigenvalue weighted by molar-refractivity contribution is 5.92. The lowest BCUT2D eigenvalue weighted by Crippen LogP contribution is -2.33. The van der Waals surface area contributed by atoms with Gasteiger partial charge in [0.15, 0.2) is 5.78 Å². The van der Waals surface area contributed by atoms with Crippen molar-refractivity contribution >= 4 is 29.1 Å². The molecule has 3 rings (SSSR count). The smallest absolute Gasteiger partial charge is 0.248 e. The minimum absolute atomic E-state index is 0.0264. The number of para-hydroxylation sites is 1. The van der Waals surface area contributed by atoms with Crippen molar-refractivity contribution in [3.05, 3.63) is 54.2 Å². The van der Waals surface area contributed by atoms with Crippen LogP contribution in [0.4, 0.5) is 17.5 Å². The van der Waals surface area contributed by atoms with Crippen molar-refractivity contribution in [1.82, 2.24) is 14.9 Å². The number of aromatic nitrogens is 2. The molecule has 0 radical (unpaired) electrons. The van der Waals surface area contributed by atoms with Crippen LogP contribution in [0, 0.1) is 6.92 Å². The van der Waals surface area contributed by atoms with Gasteiger partial charge in [0, 0.05) is 43.0 Å². The largest absolute Gasteiger partial charge is 0.387 e. The fourth-order valence-electron chi connectivity index (χ4n) is 3.21. The fraction of sp³-hybridized carbons (Fsp3) is 0.333. The number of carbonyl (C=O) groups excluding carboxylic acids is 2. The molecule has 3 N–H and O–H groups in total. The number of nitrogens with one attached hydrogen (secondary N) is 2. The van der Waals surface area contributed by atoms with Crippen molar-refractivity contribution in [2.75, 3.05) is 30.3 Å². The Morgan fingerprint density at radius 1 is 1.38 bits per heavy atom. The van der Waals surface area contributed by atoms with E-state index in [-0.39, 0.29) is 24.2 Å². The number of benzene rings is 1. The summed E-state index contributed by atoms with van der Waals surface area (Å²) in [6.45, 7) is 6.06. The maximum Gasteiger partial charge on any atom is 0.248 e. The molecule has 0 unspecified atom stereocenters. The van der Waals surface area contributed by atoms with Crippen LogP contribution in [0.3, 0.4) is 0 Å². The number of anilines is 3. The lowest BCUT2D eigenvalue weighted by atomic mass is 10.1. The first-order chi connectivity index (χ1) is 14.0. The molecule has 1 fully saturated rings. The van der Waals surface area contributed by atoms with E-state index in [1.807, 2.05) is 31.2 Å². The molecule has 8 heteroatoms. The molecule has 2 heterocycles. The van der Waals surface area contributed by atoms with E-state index in [0.29, 0.717) is 24.9 Å². The molecule has 0 bridgehead atoms. The lowest BCUT2D eigenvalue weighted by Gasteiger charge is -2.17. The number of aryl methyl sites for hydroxylation is 1. The average molecular weight is 395 g/mol. The second kappa shape index (κ2) is 9.29. The Balaban J connectivity index is 1.73. The maximum atomic E-state index is 11.8. The number of aliphatic hydroxyl groups excluding tert-OH is 1. The molecule has 1 atom stereocenters. The normalized spacial score (nSPS) is 15.8. The standard InChI is InChI=1S/C21H25N5O3/c1-3-17(28)10-15-6-4-5-7-18(15)24-20-14(2)11-22-21(25-20)23-16-8-9-26(12-16)19(29)13-27/h3-7,11,16,27H,1,8-10,12-13H2,2H3,(H2,22,23,24,25)/t16-/m1/s1. The van der Waals surface area contributed by atoms with Gasteiger partial charge in [0.2, 0.25) is 11.9 Å². The number of rotatable bonds is 8. The summed E-state index contributed by atoms with van der Waals surface area (Å²) in [6, 6.07) is 7.60. The minimum Gasteiger partial charge on any atom is -0.387 e. The van der Waals surface area contributed by atoms with Crippen molar-refractivity contribution < 1.29 is 14.7 Å². The second-order valence-corrected chi connectivity index (χ2v) is 6.98. The van der Waals surface area contributed by atoms with Gasteiger partial charge in [0.1, 0.15) is 12.4 Å². The summed E-state index contributed by atoms with van der Waals surface area (Å²) in [4.78, 5) is 33.9. The van der Waals surface area contributed by atoms with E-state index in [0.717, 1.165) is 23.2 Å². The molecule has 1 aliphatic rings.